The molecule has 3 N–H and O–H groups in total. The van der Waals surface area contributed by atoms with Crippen LogP contribution in [0.5, 0.6) is 0 Å². The molecule has 20 heavy (non-hydrogen) atoms. The highest BCUT2D eigenvalue weighted by atomic mass is 16.5. The van der Waals surface area contributed by atoms with Crippen molar-refractivity contribution in [1.82, 2.24) is 0 Å². The van der Waals surface area contributed by atoms with Crippen LogP contribution in [-0.4, -0.2) is 25.2 Å². The summed E-state index contributed by atoms with van der Waals surface area (Å²) < 4.78 is 5.46. The molecule has 0 aliphatic carbocycles. The van der Waals surface area contributed by atoms with E-state index in [1.807, 2.05) is 24.3 Å². The van der Waals surface area contributed by atoms with Gasteiger partial charge in [0.2, 0.25) is 5.91 Å². The first-order valence-corrected chi connectivity index (χ1v) is 7.23. The van der Waals surface area contributed by atoms with Gasteiger partial charge in [-0.1, -0.05) is 26.0 Å². The van der Waals surface area contributed by atoms with E-state index >= 15 is 0 Å². The topological polar surface area (TPSA) is 64.3 Å². The zero-order valence-electron chi connectivity index (χ0n) is 12.3. The van der Waals surface area contributed by atoms with Gasteiger partial charge in [-0.15, -0.1) is 0 Å². The molecule has 0 aromatic heterocycles. The standard InChI is InChI=1S/C16H24N2O2/c1-16(2,11-17)12-5-7-13(8-6-12)18-15(19)10-14-4-3-9-20-14/h5-8,14H,3-4,9-11,17H2,1-2H3,(H,18,19). The van der Waals surface area contributed by atoms with Crippen molar-refractivity contribution in [2.75, 3.05) is 18.5 Å². The number of hydrogen-bond acceptors (Lipinski definition) is 3. The summed E-state index contributed by atoms with van der Waals surface area (Å²) in [6.45, 7) is 5.59. The van der Waals surface area contributed by atoms with E-state index < -0.39 is 0 Å². The van der Waals surface area contributed by atoms with Crippen LogP contribution in [0.1, 0.15) is 38.7 Å². The third kappa shape index (κ3) is 3.81. The van der Waals surface area contributed by atoms with Gasteiger partial charge in [0, 0.05) is 24.3 Å². The summed E-state index contributed by atoms with van der Waals surface area (Å²) in [6.07, 6.45) is 2.57. The fraction of sp³-hybridized carbons (Fsp3) is 0.562. The molecule has 1 aliphatic heterocycles. The number of carbonyl (C=O) groups is 1. The molecule has 0 radical (unpaired) electrons. The average Bonchev–Trinajstić information content (AvgIpc) is 2.92. The monoisotopic (exact) mass is 276 g/mol. The molecule has 1 aromatic carbocycles. The van der Waals surface area contributed by atoms with Crippen molar-refractivity contribution in [1.29, 1.82) is 0 Å². The van der Waals surface area contributed by atoms with Crippen molar-refractivity contribution in [3.05, 3.63) is 29.8 Å². The molecule has 0 saturated carbocycles. The average molecular weight is 276 g/mol. The molecule has 2 rings (SSSR count). The fourth-order valence-electron chi connectivity index (χ4n) is 2.35. The number of ether oxygens (including phenoxy) is 1. The highest BCUT2D eigenvalue weighted by Gasteiger charge is 2.20. The van der Waals surface area contributed by atoms with E-state index in [1.165, 1.54) is 5.56 Å². The van der Waals surface area contributed by atoms with E-state index in [9.17, 15) is 4.79 Å². The quantitative estimate of drug-likeness (QED) is 0.868. The van der Waals surface area contributed by atoms with Gasteiger partial charge in [-0.2, -0.15) is 0 Å². The Labute approximate surface area is 120 Å². The van der Waals surface area contributed by atoms with Gasteiger partial charge in [-0.05, 0) is 30.5 Å². The van der Waals surface area contributed by atoms with Crippen molar-refractivity contribution < 1.29 is 9.53 Å². The largest absolute Gasteiger partial charge is 0.378 e. The van der Waals surface area contributed by atoms with Gasteiger partial charge in [-0.3, -0.25) is 4.79 Å². The summed E-state index contributed by atoms with van der Waals surface area (Å²) in [5, 5.41) is 2.92. The molecular formula is C16H24N2O2. The van der Waals surface area contributed by atoms with Gasteiger partial charge in [0.1, 0.15) is 0 Å². The van der Waals surface area contributed by atoms with Gasteiger partial charge in [-0.25, -0.2) is 0 Å². The fourth-order valence-corrected chi connectivity index (χ4v) is 2.35. The molecule has 1 aromatic rings. The van der Waals surface area contributed by atoms with Gasteiger partial charge in [0.05, 0.1) is 12.5 Å². The third-order valence-corrected chi connectivity index (χ3v) is 3.90. The van der Waals surface area contributed by atoms with Gasteiger partial charge in [0.15, 0.2) is 0 Å². The molecule has 1 aliphatic rings. The summed E-state index contributed by atoms with van der Waals surface area (Å²) in [5.41, 5.74) is 7.72. The molecule has 1 atom stereocenters. The predicted molar refractivity (Wildman–Crippen MR) is 80.7 cm³/mol. The first kappa shape index (κ1) is 15.0. The molecule has 4 nitrogen and oxygen atoms in total. The Hall–Kier alpha value is -1.39. The first-order valence-electron chi connectivity index (χ1n) is 7.23. The highest BCUT2D eigenvalue weighted by Crippen LogP contribution is 2.23. The third-order valence-electron chi connectivity index (χ3n) is 3.90. The van der Waals surface area contributed by atoms with E-state index in [0.717, 1.165) is 25.1 Å². The number of carbonyl (C=O) groups excluding carboxylic acids is 1. The lowest BCUT2D eigenvalue weighted by Gasteiger charge is -2.23. The zero-order chi connectivity index (χ0) is 14.6. The van der Waals surface area contributed by atoms with Crippen LogP contribution in [0.3, 0.4) is 0 Å². The summed E-state index contributed by atoms with van der Waals surface area (Å²) in [7, 11) is 0. The van der Waals surface area contributed by atoms with E-state index in [-0.39, 0.29) is 17.4 Å². The number of hydrogen-bond donors (Lipinski definition) is 2. The second-order valence-corrected chi connectivity index (χ2v) is 6.05. The number of anilines is 1. The van der Waals surface area contributed by atoms with Gasteiger partial charge >= 0.3 is 0 Å². The SMILES string of the molecule is CC(C)(CN)c1ccc(NC(=O)CC2CCCO2)cc1. The van der Waals surface area contributed by atoms with Crippen molar-refractivity contribution in [2.24, 2.45) is 5.73 Å². The van der Waals surface area contributed by atoms with Crippen LogP contribution < -0.4 is 11.1 Å². The van der Waals surface area contributed by atoms with Crippen molar-refractivity contribution in [3.8, 4) is 0 Å². The molecule has 110 valence electrons. The predicted octanol–water partition coefficient (Wildman–Crippen LogP) is 2.43. The molecule has 1 saturated heterocycles. The van der Waals surface area contributed by atoms with Crippen LogP contribution in [0, 0.1) is 0 Å². The van der Waals surface area contributed by atoms with Crippen LogP contribution >= 0.6 is 0 Å². The van der Waals surface area contributed by atoms with Crippen molar-refractivity contribution in [3.63, 3.8) is 0 Å². The van der Waals surface area contributed by atoms with Crippen molar-refractivity contribution >= 4 is 11.6 Å². The van der Waals surface area contributed by atoms with E-state index in [1.54, 1.807) is 0 Å². The summed E-state index contributed by atoms with van der Waals surface area (Å²) in [6, 6.07) is 7.91. The maximum atomic E-state index is 11.9. The van der Waals surface area contributed by atoms with Crippen LogP contribution in [0.2, 0.25) is 0 Å². The van der Waals surface area contributed by atoms with Crippen LogP contribution in [0.25, 0.3) is 0 Å². The van der Waals surface area contributed by atoms with E-state index in [4.69, 9.17) is 10.5 Å². The molecule has 1 fully saturated rings. The molecule has 0 spiro atoms. The Balaban J connectivity index is 1.91. The Kier molecular flexibility index (Phi) is 4.78. The number of rotatable bonds is 5. The zero-order valence-corrected chi connectivity index (χ0v) is 12.3. The Bertz CT molecular complexity index is 448. The summed E-state index contributed by atoms with van der Waals surface area (Å²) in [4.78, 5) is 11.9. The minimum Gasteiger partial charge on any atom is -0.378 e. The maximum absolute atomic E-state index is 11.9. The number of nitrogens with one attached hydrogen (secondary N) is 1. The highest BCUT2D eigenvalue weighted by molar-refractivity contribution is 5.91. The van der Waals surface area contributed by atoms with E-state index in [0.29, 0.717) is 13.0 Å². The molecular weight excluding hydrogens is 252 g/mol. The van der Waals surface area contributed by atoms with Crippen LogP contribution in [-0.2, 0) is 14.9 Å². The van der Waals surface area contributed by atoms with E-state index in [2.05, 4.69) is 19.2 Å². The number of amides is 1. The van der Waals surface area contributed by atoms with Crippen molar-refractivity contribution in [2.45, 2.75) is 44.6 Å². The molecule has 0 bridgehead atoms. The smallest absolute Gasteiger partial charge is 0.226 e. The van der Waals surface area contributed by atoms with Gasteiger partial charge < -0.3 is 15.8 Å². The Morgan fingerprint density at radius 1 is 1.40 bits per heavy atom. The minimum atomic E-state index is -0.0414. The second kappa shape index (κ2) is 6.37. The maximum Gasteiger partial charge on any atom is 0.226 e. The van der Waals surface area contributed by atoms with Crippen LogP contribution in [0.4, 0.5) is 5.69 Å². The number of benzene rings is 1. The summed E-state index contributed by atoms with van der Waals surface area (Å²) >= 11 is 0. The first-order chi connectivity index (χ1) is 9.51. The van der Waals surface area contributed by atoms with Gasteiger partial charge in [0.25, 0.3) is 0 Å². The lowest BCUT2D eigenvalue weighted by Crippen LogP contribution is -2.28. The molecule has 4 heteroatoms. The Morgan fingerprint density at radius 3 is 2.65 bits per heavy atom. The lowest BCUT2D eigenvalue weighted by atomic mass is 9.85. The Morgan fingerprint density at radius 2 is 2.10 bits per heavy atom. The number of nitrogens with two attached hydrogens (primary N) is 1. The second-order valence-electron chi connectivity index (χ2n) is 6.05. The molecule has 1 amide bonds. The summed E-state index contributed by atoms with van der Waals surface area (Å²) in [5.74, 6) is 0.0164. The van der Waals surface area contributed by atoms with Crippen LogP contribution in [0.15, 0.2) is 24.3 Å². The normalized spacial score (nSPS) is 19.1. The molecule has 1 unspecified atom stereocenters. The minimum absolute atomic E-state index is 0.0164. The molecule has 1 heterocycles. The lowest BCUT2D eigenvalue weighted by molar-refractivity contribution is -0.118.